The number of hydrogen-bond donors (Lipinski definition) is 2. The molecule has 0 saturated heterocycles. The van der Waals surface area contributed by atoms with E-state index in [1.165, 1.54) is 6.07 Å². The Kier molecular flexibility index (Phi) is 3.80. The number of hydrogen-bond acceptors (Lipinski definition) is 3. The molecule has 1 amide bonds. The van der Waals surface area contributed by atoms with Crippen LogP contribution in [-0.4, -0.2) is 24.0 Å². The molecular weight excluding hydrogens is 246 g/mol. The summed E-state index contributed by atoms with van der Waals surface area (Å²) in [5, 5.41) is 6.58. The zero-order valence-corrected chi connectivity index (χ0v) is 9.96. The minimum atomic E-state index is -0.365. The number of nitrogens with zero attached hydrogens (tertiary/aromatic N) is 3. The standard InChI is InChI=1S/C12H11N5O2/c13-17-15-6-5-14-12(19)9-7-11(18)16-10-4-2-1-3-8(9)10/h1-4,7H,5-6H2,(H,14,19)(H,16,18). The van der Waals surface area contributed by atoms with Crippen molar-refractivity contribution in [1.29, 1.82) is 0 Å². The van der Waals surface area contributed by atoms with Crippen LogP contribution in [0.5, 0.6) is 0 Å². The molecule has 0 aliphatic heterocycles. The highest BCUT2D eigenvalue weighted by molar-refractivity contribution is 6.05. The van der Waals surface area contributed by atoms with Crippen LogP contribution in [0.2, 0.25) is 0 Å². The maximum Gasteiger partial charge on any atom is 0.252 e. The van der Waals surface area contributed by atoms with E-state index in [2.05, 4.69) is 20.3 Å². The van der Waals surface area contributed by atoms with Gasteiger partial charge in [0.2, 0.25) is 5.56 Å². The molecule has 1 heterocycles. The Hall–Kier alpha value is -2.79. The predicted octanol–water partition coefficient (Wildman–Crippen LogP) is 1.57. The van der Waals surface area contributed by atoms with Crippen LogP contribution in [0, 0.1) is 0 Å². The highest BCUT2D eigenvalue weighted by Gasteiger charge is 2.10. The smallest absolute Gasteiger partial charge is 0.252 e. The number of aromatic amines is 1. The van der Waals surface area contributed by atoms with Crippen molar-refractivity contribution in [1.82, 2.24) is 10.3 Å². The molecule has 0 atom stereocenters. The maximum atomic E-state index is 12.0. The molecule has 2 aromatic rings. The van der Waals surface area contributed by atoms with E-state index >= 15 is 0 Å². The average molecular weight is 257 g/mol. The summed E-state index contributed by atoms with van der Waals surface area (Å²) in [7, 11) is 0. The van der Waals surface area contributed by atoms with Crippen molar-refractivity contribution in [3.63, 3.8) is 0 Å². The molecule has 1 aromatic heterocycles. The van der Waals surface area contributed by atoms with Gasteiger partial charge in [0.05, 0.1) is 5.56 Å². The third kappa shape index (κ3) is 2.91. The number of fused-ring (bicyclic) bond motifs is 1. The van der Waals surface area contributed by atoms with E-state index in [0.29, 0.717) is 16.5 Å². The molecule has 2 rings (SSSR count). The van der Waals surface area contributed by atoms with Crippen molar-refractivity contribution < 1.29 is 4.79 Å². The molecular formula is C12H11N5O2. The van der Waals surface area contributed by atoms with Crippen molar-refractivity contribution in [2.45, 2.75) is 0 Å². The molecule has 0 aliphatic carbocycles. The Bertz CT molecular complexity index is 715. The number of rotatable bonds is 4. The number of benzene rings is 1. The van der Waals surface area contributed by atoms with Crippen molar-refractivity contribution in [2.24, 2.45) is 5.11 Å². The van der Waals surface area contributed by atoms with E-state index in [-0.39, 0.29) is 24.6 Å². The summed E-state index contributed by atoms with van der Waals surface area (Å²) >= 11 is 0. The second-order valence-electron chi connectivity index (χ2n) is 3.80. The fourth-order valence-corrected chi connectivity index (χ4v) is 1.75. The van der Waals surface area contributed by atoms with Gasteiger partial charge in [-0.25, -0.2) is 0 Å². The van der Waals surface area contributed by atoms with Gasteiger partial charge in [0, 0.05) is 35.0 Å². The molecule has 2 N–H and O–H groups in total. The Morgan fingerprint density at radius 1 is 1.42 bits per heavy atom. The van der Waals surface area contributed by atoms with Gasteiger partial charge in [-0.05, 0) is 11.6 Å². The fourth-order valence-electron chi connectivity index (χ4n) is 1.75. The highest BCUT2D eigenvalue weighted by Crippen LogP contribution is 2.14. The summed E-state index contributed by atoms with van der Waals surface area (Å²) in [6.07, 6.45) is 0. The zero-order valence-electron chi connectivity index (χ0n) is 9.96. The van der Waals surface area contributed by atoms with Crippen molar-refractivity contribution in [2.75, 3.05) is 13.1 Å². The van der Waals surface area contributed by atoms with Crippen LogP contribution in [0.4, 0.5) is 0 Å². The zero-order chi connectivity index (χ0) is 13.7. The highest BCUT2D eigenvalue weighted by atomic mass is 16.2. The monoisotopic (exact) mass is 257 g/mol. The van der Waals surface area contributed by atoms with E-state index < -0.39 is 0 Å². The molecule has 1 aromatic carbocycles. The van der Waals surface area contributed by atoms with Gasteiger partial charge in [0.25, 0.3) is 5.91 Å². The van der Waals surface area contributed by atoms with E-state index in [4.69, 9.17) is 5.53 Å². The van der Waals surface area contributed by atoms with Crippen LogP contribution >= 0.6 is 0 Å². The molecule has 0 bridgehead atoms. The lowest BCUT2D eigenvalue weighted by atomic mass is 10.1. The van der Waals surface area contributed by atoms with Gasteiger partial charge in [0.15, 0.2) is 0 Å². The summed E-state index contributed by atoms with van der Waals surface area (Å²) in [6, 6.07) is 8.31. The summed E-state index contributed by atoms with van der Waals surface area (Å²) in [4.78, 5) is 28.7. The van der Waals surface area contributed by atoms with Gasteiger partial charge in [-0.2, -0.15) is 0 Å². The van der Waals surface area contributed by atoms with Crippen LogP contribution < -0.4 is 10.9 Å². The minimum absolute atomic E-state index is 0.170. The Morgan fingerprint density at radius 3 is 3.00 bits per heavy atom. The molecule has 0 radical (unpaired) electrons. The Labute approximate surface area is 107 Å². The van der Waals surface area contributed by atoms with E-state index in [1.807, 2.05) is 0 Å². The van der Waals surface area contributed by atoms with Gasteiger partial charge in [-0.3, -0.25) is 9.59 Å². The number of amides is 1. The largest absolute Gasteiger partial charge is 0.352 e. The summed E-state index contributed by atoms with van der Waals surface area (Å²) < 4.78 is 0. The first-order valence-electron chi connectivity index (χ1n) is 5.63. The minimum Gasteiger partial charge on any atom is -0.352 e. The van der Waals surface area contributed by atoms with Gasteiger partial charge < -0.3 is 10.3 Å². The van der Waals surface area contributed by atoms with Gasteiger partial charge >= 0.3 is 0 Å². The first kappa shape index (κ1) is 12.7. The number of H-pyrrole nitrogens is 1. The first-order chi connectivity index (χ1) is 9.22. The number of aromatic nitrogens is 1. The van der Waals surface area contributed by atoms with E-state index in [1.54, 1.807) is 24.3 Å². The topological polar surface area (TPSA) is 111 Å². The first-order valence-corrected chi connectivity index (χ1v) is 5.63. The van der Waals surface area contributed by atoms with E-state index in [0.717, 1.165) is 0 Å². The molecule has 0 unspecified atom stereocenters. The third-order valence-electron chi connectivity index (χ3n) is 2.56. The molecule has 0 spiro atoms. The summed E-state index contributed by atoms with van der Waals surface area (Å²) in [5.74, 6) is -0.365. The molecule has 0 fully saturated rings. The Morgan fingerprint density at radius 2 is 2.21 bits per heavy atom. The molecule has 19 heavy (non-hydrogen) atoms. The van der Waals surface area contributed by atoms with Crippen LogP contribution in [0.25, 0.3) is 21.3 Å². The molecule has 96 valence electrons. The lowest BCUT2D eigenvalue weighted by Crippen LogP contribution is -2.27. The lowest BCUT2D eigenvalue weighted by molar-refractivity contribution is 0.0956. The number of carbonyl (C=O) groups is 1. The Balaban J connectivity index is 2.31. The van der Waals surface area contributed by atoms with Gasteiger partial charge in [-0.15, -0.1) is 0 Å². The van der Waals surface area contributed by atoms with Crippen molar-refractivity contribution >= 4 is 16.8 Å². The van der Waals surface area contributed by atoms with E-state index in [9.17, 15) is 9.59 Å². The van der Waals surface area contributed by atoms with Gasteiger partial charge in [-0.1, -0.05) is 23.3 Å². The van der Waals surface area contributed by atoms with Crippen molar-refractivity contribution in [3.8, 4) is 0 Å². The second kappa shape index (κ2) is 5.70. The summed E-state index contributed by atoms with van der Waals surface area (Å²) in [6.45, 7) is 0.396. The lowest BCUT2D eigenvalue weighted by Gasteiger charge is -2.06. The quantitative estimate of drug-likeness (QED) is 0.375. The average Bonchev–Trinajstić information content (AvgIpc) is 2.42. The van der Waals surface area contributed by atoms with Crippen molar-refractivity contribution in [3.05, 3.63) is 56.7 Å². The van der Waals surface area contributed by atoms with Gasteiger partial charge in [0.1, 0.15) is 0 Å². The maximum absolute atomic E-state index is 12.0. The fraction of sp³-hybridized carbons (Fsp3) is 0.167. The molecule has 0 aliphatic rings. The molecule has 0 saturated carbocycles. The summed E-state index contributed by atoms with van der Waals surface area (Å²) in [5.41, 5.74) is 8.70. The number of azide groups is 1. The van der Waals surface area contributed by atoms with Crippen LogP contribution in [-0.2, 0) is 0 Å². The number of nitrogens with one attached hydrogen (secondary N) is 2. The number of pyridine rings is 1. The third-order valence-corrected chi connectivity index (χ3v) is 2.56. The van der Waals surface area contributed by atoms with Crippen LogP contribution in [0.15, 0.2) is 40.2 Å². The number of carbonyl (C=O) groups excluding carboxylic acids is 1. The predicted molar refractivity (Wildman–Crippen MR) is 70.9 cm³/mol. The SMILES string of the molecule is [N-]=[N+]=NCCNC(=O)c1cc(=O)[nH]c2ccccc12. The normalized spacial score (nSPS) is 9.89. The molecule has 7 heteroatoms. The van der Waals surface area contributed by atoms with Crippen LogP contribution in [0.3, 0.4) is 0 Å². The molecule has 7 nitrogen and oxygen atoms in total. The van der Waals surface area contributed by atoms with Crippen LogP contribution in [0.1, 0.15) is 10.4 Å². The second-order valence-corrected chi connectivity index (χ2v) is 3.80. The number of para-hydroxylation sites is 1.